The molecule has 0 radical (unpaired) electrons. The van der Waals surface area contributed by atoms with E-state index < -0.39 is 10.0 Å². The maximum Gasteiger partial charge on any atom is 0.330 e. The molecule has 9 nitrogen and oxygen atoms in total. The number of hydrogen-bond donors (Lipinski definition) is 0. The third kappa shape index (κ3) is 2.48. The first-order valence-electron chi connectivity index (χ1n) is 8.47. The Labute approximate surface area is 150 Å². The van der Waals surface area contributed by atoms with E-state index in [1.165, 1.54) is 16.8 Å². The number of aryl methyl sites for hydroxylation is 2. The minimum absolute atomic E-state index is 0.0297. The standard InChI is InChI=1S/C16H20N6O3S/c1-3-21-13-5-4-7-17-15(13)22(16(21)23)12-6-8-20(9-12)26(24,25)14-10-19(2)11-18-14/h4-5,7,10-12H,3,6,8-9H2,1-2H3/t12-/m1/s1. The molecule has 26 heavy (non-hydrogen) atoms. The molecule has 4 rings (SSSR count). The fraction of sp³-hybridized carbons (Fsp3) is 0.438. The van der Waals surface area contributed by atoms with Crippen LogP contribution in [0.25, 0.3) is 11.2 Å². The lowest BCUT2D eigenvalue weighted by Gasteiger charge is -2.15. The van der Waals surface area contributed by atoms with E-state index in [0.29, 0.717) is 25.2 Å². The lowest BCUT2D eigenvalue weighted by atomic mass is 10.2. The van der Waals surface area contributed by atoms with Crippen LogP contribution in [0.1, 0.15) is 19.4 Å². The van der Waals surface area contributed by atoms with E-state index in [1.807, 2.05) is 13.0 Å². The van der Waals surface area contributed by atoms with E-state index >= 15 is 0 Å². The normalized spacial score (nSPS) is 18.8. The fourth-order valence-corrected chi connectivity index (χ4v) is 5.00. The van der Waals surface area contributed by atoms with Crippen LogP contribution in [0.5, 0.6) is 0 Å². The second-order valence-corrected chi connectivity index (χ2v) is 8.31. The number of hydrogen-bond acceptors (Lipinski definition) is 5. The molecule has 3 aromatic rings. The average Bonchev–Trinajstić information content (AvgIpc) is 3.32. The van der Waals surface area contributed by atoms with Gasteiger partial charge in [0.1, 0.15) is 0 Å². The molecule has 0 N–H and O–H groups in total. The molecule has 1 fully saturated rings. The van der Waals surface area contributed by atoms with Gasteiger partial charge in [0, 0.05) is 39.1 Å². The number of nitrogens with zero attached hydrogens (tertiary/aromatic N) is 6. The summed E-state index contributed by atoms with van der Waals surface area (Å²) in [6.07, 6.45) is 5.16. The molecule has 4 heterocycles. The largest absolute Gasteiger partial charge is 0.339 e. The lowest BCUT2D eigenvalue weighted by Crippen LogP contribution is -2.32. The van der Waals surface area contributed by atoms with Crippen molar-refractivity contribution in [2.45, 2.75) is 31.0 Å². The van der Waals surface area contributed by atoms with Gasteiger partial charge in [-0.3, -0.25) is 9.13 Å². The molecule has 1 aliphatic rings. The Morgan fingerprint density at radius 1 is 1.31 bits per heavy atom. The van der Waals surface area contributed by atoms with Crippen molar-refractivity contribution in [1.29, 1.82) is 0 Å². The Balaban J connectivity index is 1.71. The molecule has 1 aliphatic heterocycles. The summed E-state index contributed by atoms with van der Waals surface area (Å²) in [6, 6.07) is 3.41. The average molecular weight is 376 g/mol. The first-order chi connectivity index (χ1) is 12.4. The van der Waals surface area contributed by atoms with Gasteiger partial charge >= 0.3 is 5.69 Å². The van der Waals surface area contributed by atoms with Crippen LogP contribution in [0, 0.1) is 0 Å². The van der Waals surface area contributed by atoms with Crippen LogP contribution in [0.3, 0.4) is 0 Å². The zero-order valence-corrected chi connectivity index (χ0v) is 15.4. The van der Waals surface area contributed by atoms with E-state index in [0.717, 1.165) is 5.52 Å². The van der Waals surface area contributed by atoms with Gasteiger partial charge in [-0.2, -0.15) is 4.31 Å². The Kier molecular flexibility index (Phi) is 3.96. The maximum atomic E-state index is 12.8. The predicted octanol–water partition coefficient (Wildman–Crippen LogP) is 0.587. The maximum absolute atomic E-state index is 12.8. The number of fused-ring (bicyclic) bond motifs is 1. The third-order valence-electron chi connectivity index (χ3n) is 4.81. The van der Waals surface area contributed by atoms with E-state index in [-0.39, 0.29) is 23.3 Å². The molecule has 0 aromatic carbocycles. The van der Waals surface area contributed by atoms with Crippen molar-refractivity contribution in [2.24, 2.45) is 7.05 Å². The summed E-state index contributed by atoms with van der Waals surface area (Å²) in [7, 11) is -1.94. The van der Waals surface area contributed by atoms with Gasteiger partial charge in [-0.05, 0) is 25.5 Å². The van der Waals surface area contributed by atoms with E-state index in [9.17, 15) is 13.2 Å². The van der Waals surface area contributed by atoms with Gasteiger partial charge in [-0.15, -0.1) is 0 Å². The number of imidazole rings is 2. The summed E-state index contributed by atoms with van der Waals surface area (Å²) < 4.78 is 31.8. The van der Waals surface area contributed by atoms with Crippen LogP contribution in [0.4, 0.5) is 0 Å². The van der Waals surface area contributed by atoms with Crippen LogP contribution >= 0.6 is 0 Å². The number of sulfonamides is 1. The zero-order chi connectivity index (χ0) is 18.5. The molecule has 10 heteroatoms. The van der Waals surface area contributed by atoms with Gasteiger partial charge in [0.15, 0.2) is 10.7 Å². The van der Waals surface area contributed by atoms with Gasteiger partial charge in [-0.1, -0.05) is 0 Å². The van der Waals surface area contributed by atoms with Crippen molar-refractivity contribution in [3.8, 4) is 0 Å². The highest BCUT2D eigenvalue weighted by molar-refractivity contribution is 7.89. The minimum atomic E-state index is -3.66. The summed E-state index contributed by atoms with van der Waals surface area (Å²) in [5.41, 5.74) is 1.22. The van der Waals surface area contributed by atoms with Gasteiger partial charge in [0.25, 0.3) is 10.0 Å². The Bertz CT molecular complexity index is 1130. The van der Waals surface area contributed by atoms with E-state index in [1.54, 1.807) is 33.0 Å². The first-order valence-corrected chi connectivity index (χ1v) is 9.91. The highest BCUT2D eigenvalue weighted by Gasteiger charge is 2.36. The highest BCUT2D eigenvalue weighted by atomic mass is 32.2. The van der Waals surface area contributed by atoms with Crippen LogP contribution in [-0.2, 0) is 23.6 Å². The van der Waals surface area contributed by atoms with Gasteiger partial charge < -0.3 is 4.57 Å². The number of pyridine rings is 1. The number of aromatic nitrogens is 5. The van der Waals surface area contributed by atoms with Crippen molar-refractivity contribution in [1.82, 2.24) is 28.0 Å². The fourth-order valence-electron chi connectivity index (χ4n) is 3.54. The van der Waals surface area contributed by atoms with E-state index in [2.05, 4.69) is 9.97 Å². The summed E-state index contributed by atoms with van der Waals surface area (Å²) >= 11 is 0. The summed E-state index contributed by atoms with van der Waals surface area (Å²) in [5, 5.41) is 0.0297. The van der Waals surface area contributed by atoms with Crippen molar-refractivity contribution in [3.05, 3.63) is 41.3 Å². The van der Waals surface area contributed by atoms with Crippen LogP contribution in [-0.4, -0.2) is 49.5 Å². The molecule has 1 atom stereocenters. The smallest absolute Gasteiger partial charge is 0.330 e. The molecule has 3 aromatic heterocycles. The highest BCUT2D eigenvalue weighted by Crippen LogP contribution is 2.28. The van der Waals surface area contributed by atoms with Gasteiger partial charge in [0.2, 0.25) is 0 Å². The van der Waals surface area contributed by atoms with Crippen LogP contribution in [0.2, 0.25) is 0 Å². The summed E-state index contributed by atoms with van der Waals surface area (Å²) in [4.78, 5) is 21.2. The molecule has 138 valence electrons. The van der Waals surface area contributed by atoms with Gasteiger partial charge in [0.05, 0.1) is 17.9 Å². The quantitative estimate of drug-likeness (QED) is 0.664. The summed E-state index contributed by atoms with van der Waals surface area (Å²) in [6.45, 7) is 3.03. The first kappa shape index (κ1) is 17.0. The molecule has 0 amide bonds. The molecular weight excluding hydrogens is 356 g/mol. The molecule has 0 saturated carbocycles. The molecule has 0 spiro atoms. The van der Waals surface area contributed by atoms with Crippen LogP contribution in [0.15, 0.2) is 40.7 Å². The second kappa shape index (κ2) is 6.06. The Morgan fingerprint density at radius 2 is 2.12 bits per heavy atom. The van der Waals surface area contributed by atoms with Crippen molar-refractivity contribution >= 4 is 21.2 Å². The number of rotatable bonds is 4. The Hall–Kier alpha value is -2.46. The predicted molar refractivity (Wildman–Crippen MR) is 95.3 cm³/mol. The molecular formula is C16H20N6O3S. The molecule has 0 aliphatic carbocycles. The van der Waals surface area contributed by atoms with E-state index in [4.69, 9.17) is 0 Å². The summed E-state index contributed by atoms with van der Waals surface area (Å²) in [5.74, 6) is 0. The molecule has 0 bridgehead atoms. The molecule has 1 saturated heterocycles. The van der Waals surface area contributed by atoms with Crippen molar-refractivity contribution in [2.75, 3.05) is 13.1 Å². The third-order valence-corrected chi connectivity index (χ3v) is 6.57. The zero-order valence-electron chi connectivity index (χ0n) is 14.6. The SMILES string of the molecule is CCn1c(=O)n([C@@H]2CCN(S(=O)(=O)c3cn(C)cn3)C2)c2ncccc21. The lowest BCUT2D eigenvalue weighted by molar-refractivity contribution is 0.446. The minimum Gasteiger partial charge on any atom is -0.339 e. The van der Waals surface area contributed by atoms with Crippen molar-refractivity contribution in [3.63, 3.8) is 0 Å². The second-order valence-electron chi connectivity index (χ2n) is 6.43. The molecule has 0 unspecified atom stereocenters. The van der Waals surface area contributed by atoms with Gasteiger partial charge in [-0.25, -0.2) is 23.2 Å². The topological polar surface area (TPSA) is 95.0 Å². The van der Waals surface area contributed by atoms with Crippen LogP contribution < -0.4 is 5.69 Å². The Morgan fingerprint density at radius 3 is 2.81 bits per heavy atom. The monoisotopic (exact) mass is 376 g/mol. The van der Waals surface area contributed by atoms with Crippen molar-refractivity contribution < 1.29 is 8.42 Å².